The van der Waals surface area contributed by atoms with Crippen molar-refractivity contribution >= 4 is 27.8 Å². The molecule has 98 valence electrons. The molecule has 1 aromatic rings. The van der Waals surface area contributed by atoms with Gasteiger partial charge in [0.2, 0.25) is 0 Å². The molecule has 0 bridgehead atoms. The van der Waals surface area contributed by atoms with Crippen molar-refractivity contribution in [1.29, 1.82) is 0 Å². The molecule has 1 aromatic carbocycles. The van der Waals surface area contributed by atoms with Gasteiger partial charge in [0, 0.05) is 6.42 Å². The maximum absolute atomic E-state index is 13.2. The number of rotatable bonds is 1. The number of hydrogen-bond donors (Lipinski definition) is 0. The Kier molecular flexibility index (Phi) is 3.40. The van der Waals surface area contributed by atoms with Crippen molar-refractivity contribution in [3.8, 4) is 0 Å². The maximum Gasteiger partial charge on any atom is 0.163 e. The summed E-state index contributed by atoms with van der Waals surface area (Å²) in [5, 5.41) is 0. The number of benzene rings is 1. The lowest BCUT2D eigenvalue weighted by molar-refractivity contribution is -0.114. The van der Waals surface area contributed by atoms with Gasteiger partial charge in [-0.1, -0.05) is 12.1 Å². The second-order valence-corrected chi connectivity index (χ2v) is 5.96. The van der Waals surface area contributed by atoms with Crippen LogP contribution in [0, 0.1) is 5.82 Å². The largest absolute Gasteiger partial charge is 0.294 e. The monoisotopic (exact) mass is 320 g/mol. The Morgan fingerprint density at radius 3 is 2.63 bits per heavy atom. The second-order valence-electron chi connectivity index (χ2n) is 5.11. The Morgan fingerprint density at radius 1 is 1.16 bits per heavy atom. The van der Waals surface area contributed by atoms with Crippen molar-refractivity contribution in [2.24, 2.45) is 0 Å². The number of carbonyl (C=O) groups excluding carboxylic acids is 1. The molecule has 1 nitrogen and oxygen atoms in total. The quantitative estimate of drug-likeness (QED) is 0.725. The molecule has 3 heteroatoms. The highest BCUT2D eigenvalue weighted by Crippen LogP contribution is 2.39. The summed E-state index contributed by atoms with van der Waals surface area (Å²) in [6.45, 7) is 0. The van der Waals surface area contributed by atoms with Gasteiger partial charge in [0.1, 0.15) is 5.82 Å². The van der Waals surface area contributed by atoms with Gasteiger partial charge in [-0.2, -0.15) is 0 Å². The maximum atomic E-state index is 13.2. The standard InChI is InChI=1S/C16H14BrFO/c17-14-8-10(5-6-15(14)18)7-11-9-16(19)13-4-2-1-3-12(11)13/h5-8H,1-4,9H2. The Labute approximate surface area is 120 Å². The van der Waals surface area contributed by atoms with E-state index in [9.17, 15) is 9.18 Å². The lowest BCUT2D eigenvalue weighted by atomic mass is 9.91. The molecule has 0 atom stereocenters. The molecule has 0 aliphatic heterocycles. The summed E-state index contributed by atoms with van der Waals surface area (Å²) in [5.74, 6) is 0.0179. The summed E-state index contributed by atoms with van der Waals surface area (Å²) in [6.07, 6.45) is 6.76. The van der Waals surface area contributed by atoms with Crippen molar-refractivity contribution in [2.45, 2.75) is 32.1 Å². The van der Waals surface area contributed by atoms with Crippen molar-refractivity contribution in [3.05, 3.63) is 50.8 Å². The Bertz CT molecular complexity index is 613. The molecule has 2 aliphatic carbocycles. The van der Waals surface area contributed by atoms with E-state index in [1.165, 1.54) is 11.6 Å². The number of halogens is 2. The van der Waals surface area contributed by atoms with E-state index >= 15 is 0 Å². The van der Waals surface area contributed by atoms with Crippen LogP contribution in [0.3, 0.4) is 0 Å². The van der Waals surface area contributed by atoms with Crippen molar-refractivity contribution in [2.75, 3.05) is 0 Å². The van der Waals surface area contributed by atoms with Crippen LogP contribution in [0.1, 0.15) is 37.7 Å². The molecule has 0 saturated carbocycles. The topological polar surface area (TPSA) is 17.1 Å². The van der Waals surface area contributed by atoms with Gasteiger partial charge in [0.15, 0.2) is 5.78 Å². The first-order valence-electron chi connectivity index (χ1n) is 6.56. The predicted octanol–water partition coefficient (Wildman–Crippen LogP) is 4.82. The van der Waals surface area contributed by atoms with Crippen LogP contribution < -0.4 is 0 Å². The van der Waals surface area contributed by atoms with Gasteiger partial charge in [-0.3, -0.25) is 4.79 Å². The van der Waals surface area contributed by atoms with Crippen LogP contribution in [0.25, 0.3) is 6.08 Å². The lowest BCUT2D eigenvalue weighted by Gasteiger charge is -2.13. The predicted molar refractivity (Wildman–Crippen MR) is 77.2 cm³/mol. The summed E-state index contributed by atoms with van der Waals surface area (Å²) in [7, 11) is 0. The Balaban J connectivity index is 1.98. The molecule has 0 heterocycles. The van der Waals surface area contributed by atoms with E-state index in [1.54, 1.807) is 12.1 Å². The van der Waals surface area contributed by atoms with E-state index in [0.29, 0.717) is 10.9 Å². The number of Topliss-reactive ketones (excluding diaryl/α,β-unsaturated/α-hetero) is 1. The van der Waals surface area contributed by atoms with Crippen LogP contribution in [0.2, 0.25) is 0 Å². The highest BCUT2D eigenvalue weighted by Gasteiger charge is 2.28. The van der Waals surface area contributed by atoms with Gasteiger partial charge in [-0.15, -0.1) is 0 Å². The first kappa shape index (κ1) is 12.8. The SMILES string of the molecule is O=C1CC(=Cc2ccc(F)c(Br)c2)C2=C1CCCC2. The molecule has 0 radical (unpaired) electrons. The fourth-order valence-electron chi connectivity index (χ4n) is 2.90. The molecule has 0 fully saturated rings. The number of ketones is 1. The van der Waals surface area contributed by atoms with Crippen molar-refractivity contribution < 1.29 is 9.18 Å². The average molecular weight is 321 g/mol. The number of carbonyl (C=O) groups is 1. The van der Waals surface area contributed by atoms with E-state index in [0.717, 1.165) is 42.4 Å². The van der Waals surface area contributed by atoms with Crippen LogP contribution in [-0.4, -0.2) is 5.78 Å². The van der Waals surface area contributed by atoms with Crippen molar-refractivity contribution in [3.63, 3.8) is 0 Å². The molecular formula is C16H14BrFO. The molecule has 0 amide bonds. The van der Waals surface area contributed by atoms with E-state index in [2.05, 4.69) is 15.9 Å². The summed E-state index contributed by atoms with van der Waals surface area (Å²) in [5.41, 5.74) is 4.35. The zero-order valence-electron chi connectivity index (χ0n) is 10.5. The van der Waals surface area contributed by atoms with E-state index in [1.807, 2.05) is 6.08 Å². The first-order valence-corrected chi connectivity index (χ1v) is 7.35. The molecule has 0 aromatic heterocycles. The fourth-order valence-corrected chi connectivity index (χ4v) is 3.29. The Hall–Kier alpha value is -1.22. The summed E-state index contributed by atoms with van der Waals surface area (Å²) in [4.78, 5) is 12.0. The second kappa shape index (κ2) is 5.04. The van der Waals surface area contributed by atoms with Crippen LogP contribution in [-0.2, 0) is 4.79 Å². The number of hydrogen-bond acceptors (Lipinski definition) is 1. The summed E-state index contributed by atoms with van der Waals surface area (Å²) < 4.78 is 13.7. The third-order valence-electron chi connectivity index (χ3n) is 3.83. The highest BCUT2D eigenvalue weighted by molar-refractivity contribution is 9.10. The summed E-state index contributed by atoms with van der Waals surface area (Å²) in [6, 6.07) is 4.95. The van der Waals surface area contributed by atoms with Gasteiger partial charge in [0.25, 0.3) is 0 Å². The lowest BCUT2D eigenvalue weighted by Crippen LogP contribution is -2.00. The molecule has 19 heavy (non-hydrogen) atoms. The first-order chi connectivity index (χ1) is 9.15. The highest BCUT2D eigenvalue weighted by atomic mass is 79.9. The minimum Gasteiger partial charge on any atom is -0.294 e. The molecule has 3 rings (SSSR count). The van der Waals surface area contributed by atoms with Crippen LogP contribution in [0.4, 0.5) is 4.39 Å². The zero-order valence-corrected chi connectivity index (χ0v) is 12.1. The molecule has 2 aliphatic rings. The van der Waals surface area contributed by atoms with E-state index in [-0.39, 0.29) is 11.6 Å². The van der Waals surface area contributed by atoms with Gasteiger partial charge >= 0.3 is 0 Å². The third-order valence-corrected chi connectivity index (χ3v) is 4.44. The molecular weight excluding hydrogens is 307 g/mol. The van der Waals surface area contributed by atoms with Crippen LogP contribution in [0.15, 0.2) is 39.4 Å². The van der Waals surface area contributed by atoms with Crippen molar-refractivity contribution in [1.82, 2.24) is 0 Å². The van der Waals surface area contributed by atoms with Gasteiger partial charge in [0.05, 0.1) is 4.47 Å². The van der Waals surface area contributed by atoms with Gasteiger partial charge < -0.3 is 0 Å². The van der Waals surface area contributed by atoms with Crippen LogP contribution >= 0.6 is 15.9 Å². The minimum atomic E-state index is -0.262. The minimum absolute atomic E-state index is 0.262. The molecule has 0 N–H and O–H groups in total. The number of allylic oxidation sites excluding steroid dienone is 3. The van der Waals surface area contributed by atoms with E-state index in [4.69, 9.17) is 0 Å². The molecule has 0 unspecified atom stereocenters. The fraction of sp³-hybridized carbons (Fsp3) is 0.312. The molecule has 0 spiro atoms. The van der Waals surface area contributed by atoms with Crippen LogP contribution in [0.5, 0.6) is 0 Å². The van der Waals surface area contributed by atoms with E-state index < -0.39 is 0 Å². The smallest absolute Gasteiger partial charge is 0.163 e. The molecule has 0 saturated heterocycles. The Morgan fingerprint density at radius 2 is 1.89 bits per heavy atom. The zero-order chi connectivity index (χ0) is 13.4. The average Bonchev–Trinajstić information content (AvgIpc) is 2.72. The van der Waals surface area contributed by atoms with Gasteiger partial charge in [-0.25, -0.2) is 4.39 Å². The normalized spacial score (nSPS) is 21.2. The summed E-state index contributed by atoms with van der Waals surface area (Å²) >= 11 is 3.19. The third kappa shape index (κ3) is 2.44. The van der Waals surface area contributed by atoms with Gasteiger partial charge in [-0.05, 0) is 76.0 Å².